The summed E-state index contributed by atoms with van der Waals surface area (Å²) in [6.07, 6.45) is 8.45. The molecule has 30 heavy (non-hydrogen) atoms. The molecule has 0 saturated carbocycles. The first-order valence-electron chi connectivity index (χ1n) is 10.7. The molecular formula is C22H26N4O4. The summed E-state index contributed by atoms with van der Waals surface area (Å²) in [5.41, 5.74) is 0.0423. The van der Waals surface area contributed by atoms with Crippen molar-refractivity contribution in [1.82, 2.24) is 19.7 Å². The van der Waals surface area contributed by atoms with Crippen molar-refractivity contribution < 1.29 is 19.5 Å². The van der Waals surface area contributed by atoms with Crippen LogP contribution >= 0.6 is 0 Å². The molecule has 158 valence electrons. The van der Waals surface area contributed by atoms with E-state index in [0.29, 0.717) is 32.6 Å². The zero-order valence-corrected chi connectivity index (χ0v) is 16.8. The molecule has 5 heterocycles. The van der Waals surface area contributed by atoms with Gasteiger partial charge in [0, 0.05) is 50.8 Å². The SMILES string of the molecule is O=C(c1ncccc1O)N1C[C@@H]2C[C@H](C1)[C@H](C(=O)N1CC=CC1)N1C(=O)CCC[C@@H]21. The van der Waals surface area contributed by atoms with Crippen LogP contribution in [0.2, 0.25) is 0 Å². The number of hydrogen-bond donors (Lipinski definition) is 1. The van der Waals surface area contributed by atoms with Crippen molar-refractivity contribution in [2.75, 3.05) is 26.2 Å². The number of aromatic hydroxyl groups is 1. The lowest BCUT2D eigenvalue weighted by Crippen LogP contribution is -2.68. The van der Waals surface area contributed by atoms with Crippen molar-refractivity contribution >= 4 is 17.7 Å². The molecular weight excluding hydrogens is 384 g/mol. The van der Waals surface area contributed by atoms with Crippen LogP contribution < -0.4 is 0 Å². The maximum absolute atomic E-state index is 13.4. The molecule has 4 aliphatic heterocycles. The van der Waals surface area contributed by atoms with E-state index in [0.717, 1.165) is 19.3 Å². The molecule has 4 aliphatic rings. The first-order chi connectivity index (χ1) is 14.5. The Labute approximate surface area is 175 Å². The lowest BCUT2D eigenvalue weighted by atomic mass is 9.71. The molecule has 0 radical (unpaired) electrons. The average molecular weight is 410 g/mol. The highest BCUT2D eigenvalue weighted by Crippen LogP contribution is 2.42. The molecule has 3 amide bonds. The topological polar surface area (TPSA) is 94.0 Å². The van der Waals surface area contributed by atoms with Gasteiger partial charge in [0.1, 0.15) is 11.8 Å². The van der Waals surface area contributed by atoms with Gasteiger partial charge >= 0.3 is 0 Å². The number of piperidine rings is 3. The van der Waals surface area contributed by atoms with Crippen LogP contribution in [-0.4, -0.2) is 80.8 Å². The van der Waals surface area contributed by atoms with Crippen molar-refractivity contribution in [3.63, 3.8) is 0 Å². The number of hydrogen-bond acceptors (Lipinski definition) is 5. The maximum atomic E-state index is 13.4. The summed E-state index contributed by atoms with van der Waals surface area (Å²) < 4.78 is 0. The molecule has 0 spiro atoms. The molecule has 2 bridgehead atoms. The third-order valence-electron chi connectivity index (χ3n) is 7.00. The lowest BCUT2D eigenvalue weighted by Gasteiger charge is -2.56. The van der Waals surface area contributed by atoms with Gasteiger partial charge in [-0.15, -0.1) is 0 Å². The van der Waals surface area contributed by atoms with Crippen molar-refractivity contribution in [1.29, 1.82) is 0 Å². The Morgan fingerprint density at radius 3 is 2.63 bits per heavy atom. The van der Waals surface area contributed by atoms with Crippen molar-refractivity contribution in [3.05, 3.63) is 36.2 Å². The van der Waals surface area contributed by atoms with Crippen LogP contribution in [0.15, 0.2) is 30.5 Å². The zero-order chi connectivity index (χ0) is 20.8. The molecule has 3 fully saturated rings. The second-order valence-corrected chi connectivity index (χ2v) is 8.76. The van der Waals surface area contributed by atoms with Gasteiger partial charge in [-0.1, -0.05) is 12.2 Å². The van der Waals surface area contributed by atoms with Crippen molar-refractivity contribution in [3.8, 4) is 5.75 Å². The Morgan fingerprint density at radius 1 is 1.10 bits per heavy atom. The minimum Gasteiger partial charge on any atom is -0.505 e. The second kappa shape index (κ2) is 7.41. The van der Waals surface area contributed by atoms with Crippen LogP contribution in [0.3, 0.4) is 0 Å². The normalized spacial score (nSPS) is 30.4. The molecule has 0 unspecified atom stereocenters. The number of likely N-dealkylation sites (tertiary alicyclic amines) is 1. The summed E-state index contributed by atoms with van der Waals surface area (Å²) in [5.74, 6) is -0.364. The number of nitrogens with zero attached hydrogens (tertiary/aromatic N) is 4. The molecule has 8 nitrogen and oxygen atoms in total. The Hall–Kier alpha value is -2.90. The van der Waals surface area contributed by atoms with Gasteiger partial charge in [-0.3, -0.25) is 14.4 Å². The Bertz CT molecular complexity index is 908. The number of fused-ring (bicyclic) bond motifs is 4. The molecule has 4 atom stereocenters. The number of aromatic nitrogens is 1. The fourth-order valence-corrected chi connectivity index (χ4v) is 5.70. The maximum Gasteiger partial charge on any atom is 0.276 e. The minimum atomic E-state index is -0.521. The van der Waals surface area contributed by atoms with E-state index < -0.39 is 6.04 Å². The highest BCUT2D eigenvalue weighted by Gasteiger charge is 2.53. The van der Waals surface area contributed by atoms with E-state index in [1.807, 2.05) is 17.1 Å². The van der Waals surface area contributed by atoms with E-state index in [9.17, 15) is 19.5 Å². The molecule has 1 N–H and O–H groups in total. The quantitative estimate of drug-likeness (QED) is 0.735. The Kier molecular flexibility index (Phi) is 4.72. The van der Waals surface area contributed by atoms with Gasteiger partial charge in [-0.25, -0.2) is 4.98 Å². The summed E-state index contributed by atoms with van der Waals surface area (Å²) >= 11 is 0. The molecule has 1 aromatic heterocycles. The number of rotatable bonds is 2. The van der Waals surface area contributed by atoms with Crippen LogP contribution in [0.25, 0.3) is 0 Å². The number of pyridine rings is 1. The summed E-state index contributed by atoms with van der Waals surface area (Å²) in [6.45, 7) is 2.05. The minimum absolute atomic E-state index is 0.0139. The molecule has 1 aromatic rings. The largest absolute Gasteiger partial charge is 0.505 e. The predicted molar refractivity (Wildman–Crippen MR) is 107 cm³/mol. The van der Waals surface area contributed by atoms with E-state index >= 15 is 0 Å². The molecule has 0 aliphatic carbocycles. The Balaban J connectivity index is 1.46. The fraction of sp³-hybridized carbons (Fsp3) is 0.545. The Morgan fingerprint density at radius 2 is 1.87 bits per heavy atom. The van der Waals surface area contributed by atoms with Gasteiger partial charge in [0.2, 0.25) is 11.8 Å². The molecule has 5 rings (SSSR count). The standard InChI is InChI=1S/C22H26N4O4/c27-17-6-4-8-23-19(17)21(29)25-12-14-11-15(13-25)20(22(30)24-9-1-2-10-24)26-16(14)5-3-7-18(26)28/h1-2,4,6,8,14-16,20,27H,3,5,7,9-13H2/t14-,15+,16-,20+/m0/s1. The van der Waals surface area contributed by atoms with Crippen LogP contribution in [0, 0.1) is 11.8 Å². The number of carbonyl (C=O) groups excluding carboxylic acids is 3. The average Bonchev–Trinajstić information content (AvgIpc) is 3.29. The monoisotopic (exact) mass is 410 g/mol. The fourth-order valence-electron chi connectivity index (χ4n) is 5.70. The van der Waals surface area contributed by atoms with Crippen LogP contribution in [0.4, 0.5) is 0 Å². The highest BCUT2D eigenvalue weighted by atomic mass is 16.3. The van der Waals surface area contributed by atoms with E-state index in [4.69, 9.17) is 0 Å². The summed E-state index contributed by atoms with van der Waals surface area (Å²) in [7, 11) is 0. The summed E-state index contributed by atoms with van der Waals surface area (Å²) in [4.78, 5) is 48.9. The van der Waals surface area contributed by atoms with E-state index in [1.165, 1.54) is 12.3 Å². The van der Waals surface area contributed by atoms with E-state index in [1.54, 1.807) is 15.9 Å². The van der Waals surface area contributed by atoms with Crippen molar-refractivity contribution in [2.45, 2.75) is 37.8 Å². The van der Waals surface area contributed by atoms with Gasteiger partial charge < -0.3 is 19.8 Å². The van der Waals surface area contributed by atoms with Crippen LogP contribution in [0.5, 0.6) is 5.75 Å². The third-order valence-corrected chi connectivity index (χ3v) is 7.00. The lowest BCUT2D eigenvalue weighted by molar-refractivity contribution is -0.163. The first-order valence-corrected chi connectivity index (χ1v) is 10.7. The molecule has 3 saturated heterocycles. The molecule has 8 heteroatoms. The zero-order valence-electron chi connectivity index (χ0n) is 16.8. The number of carbonyl (C=O) groups is 3. The highest BCUT2D eigenvalue weighted by molar-refractivity contribution is 5.95. The summed E-state index contributed by atoms with van der Waals surface area (Å²) in [5, 5.41) is 10.1. The van der Waals surface area contributed by atoms with Crippen LogP contribution in [-0.2, 0) is 9.59 Å². The predicted octanol–water partition coefficient (Wildman–Crippen LogP) is 1.03. The van der Waals surface area contributed by atoms with Crippen LogP contribution in [0.1, 0.15) is 36.2 Å². The van der Waals surface area contributed by atoms with Gasteiger partial charge in [-0.2, -0.15) is 0 Å². The van der Waals surface area contributed by atoms with E-state index in [2.05, 4.69) is 4.98 Å². The van der Waals surface area contributed by atoms with Gasteiger partial charge in [0.25, 0.3) is 5.91 Å². The second-order valence-electron chi connectivity index (χ2n) is 8.76. The van der Waals surface area contributed by atoms with Gasteiger partial charge in [0.15, 0.2) is 5.69 Å². The van der Waals surface area contributed by atoms with Gasteiger partial charge in [-0.05, 0) is 37.3 Å². The van der Waals surface area contributed by atoms with Crippen molar-refractivity contribution in [2.24, 2.45) is 11.8 Å². The van der Waals surface area contributed by atoms with E-state index in [-0.39, 0.29) is 47.0 Å². The van der Waals surface area contributed by atoms with Gasteiger partial charge in [0.05, 0.1) is 0 Å². The first kappa shape index (κ1) is 19.1. The summed E-state index contributed by atoms with van der Waals surface area (Å²) in [6, 6.07) is 2.51. The smallest absolute Gasteiger partial charge is 0.276 e. The number of amides is 3. The molecule has 0 aromatic carbocycles. The third kappa shape index (κ3) is 3.05.